The zero-order chi connectivity index (χ0) is 11.4. The molecule has 1 fully saturated rings. The Morgan fingerprint density at radius 3 is 3.12 bits per heavy atom. The van der Waals surface area contributed by atoms with E-state index in [0.29, 0.717) is 0 Å². The zero-order valence-electron chi connectivity index (χ0n) is 9.44. The number of amides is 2. The number of carbonyl (C=O) groups is 1. The van der Waals surface area contributed by atoms with Gasteiger partial charge in [-0.1, -0.05) is 0 Å². The lowest BCUT2D eigenvalue weighted by atomic mass is 10.4. The second kappa shape index (κ2) is 4.98. The maximum Gasteiger partial charge on any atom is 0.317 e. The molecule has 1 saturated heterocycles. The van der Waals surface area contributed by atoms with Crippen molar-refractivity contribution in [3.05, 3.63) is 18.0 Å². The molecule has 2 rings (SSSR count). The van der Waals surface area contributed by atoms with Crippen LogP contribution in [0.5, 0.6) is 0 Å². The van der Waals surface area contributed by atoms with Gasteiger partial charge in [0, 0.05) is 46.0 Å². The quantitative estimate of drug-likeness (QED) is 0.664. The van der Waals surface area contributed by atoms with Gasteiger partial charge in [0.25, 0.3) is 0 Å². The van der Waals surface area contributed by atoms with Gasteiger partial charge in [-0.2, -0.15) is 5.10 Å². The molecule has 0 unspecified atom stereocenters. The molecule has 0 atom stereocenters. The van der Waals surface area contributed by atoms with Gasteiger partial charge in [0.15, 0.2) is 0 Å². The average molecular weight is 223 g/mol. The number of rotatable bonds is 5. The molecule has 88 valence electrons. The van der Waals surface area contributed by atoms with Gasteiger partial charge in [-0.15, -0.1) is 0 Å². The molecular weight excluding hydrogens is 206 g/mol. The highest BCUT2D eigenvalue weighted by atomic mass is 16.2. The summed E-state index contributed by atoms with van der Waals surface area (Å²) < 4.78 is 1.84. The predicted octanol–water partition coefficient (Wildman–Crippen LogP) is -0.465. The van der Waals surface area contributed by atoms with Crippen LogP contribution in [-0.2, 0) is 13.6 Å². The van der Waals surface area contributed by atoms with E-state index in [9.17, 15) is 4.79 Å². The van der Waals surface area contributed by atoms with Gasteiger partial charge >= 0.3 is 6.03 Å². The number of hydrogen-bond donors (Lipinski definition) is 2. The van der Waals surface area contributed by atoms with Crippen molar-refractivity contribution in [1.29, 1.82) is 0 Å². The van der Waals surface area contributed by atoms with Crippen LogP contribution in [0, 0.1) is 0 Å². The van der Waals surface area contributed by atoms with E-state index in [2.05, 4.69) is 15.7 Å². The molecular formula is C10H17N5O. The molecule has 1 aliphatic rings. The molecule has 1 aliphatic heterocycles. The summed E-state index contributed by atoms with van der Waals surface area (Å²) in [5.41, 5.74) is 1.14. The lowest BCUT2D eigenvalue weighted by molar-refractivity contribution is 0.217. The lowest BCUT2D eigenvalue weighted by Crippen LogP contribution is -2.34. The van der Waals surface area contributed by atoms with Gasteiger partial charge in [-0.25, -0.2) is 4.79 Å². The van der Waals surface area contributed by atoms with Crippen molar-refractivity contribution in [3.8, 4) is 0 Å². The standard InChI is InChI=1S/C10H17N5O/c1-14-9(2-3-13-14)8-11-4-6-15-7-5-12-10(15)16/h2-3,11H,4-8H2,1H3,(H,12,16). The van der Waals surface area contributed by atoms with Crippen LogP contribution in [0.2, 0.25) is 0 Å². The summed E-state index contributed by atoms with van der Waals surface area (Å²) in [5, 5.41) is 10.2. The zero-order valence-corrected chi connectivity index (χ0v) is 9.44. The summed E-state index contributed by atoms with van der Waals surface area (Å²) in [6, 6.07) is 2.03. The Labute approximate surface area is 94.6 Å². The topological polar surface area (TPSA) is 62.2 Å². The van der Waals surface area contributed by atoms with Gasteiger partial charge in [-0.3, -0.25) is 4.68 Å². The van der Waals surface area contributed by atoms with Gasteiger partial charge in [0.2, 0.25) is 0 Å². The number of aryl methyl sites for hydroxylation is 1. The van der Waals surface area contributed by atoms with Gasteiger partial charge < -0.3 is 15.5 Å². The number of carbonyl (C=O) groups excluding carboxylic acids is 1. The van der Waals surface area contributed by atoms with Crippen molar-refractivity contribution in [2.75, 3.05) is 26.2 Å². The van der Waals surface area contributed by atoms with E-state index >= 15 is 0 Å². The third kappa shape index (κ3) is 2.52. The molecule has 0 radical (unpaired) electrons. The van der Waals surface area contributed by atoms with E-state index in [0.717, 1.165) is 38.4 Å². The fourth-order valence-corrected chi connectivity index (χ4v) is 1.73. The smallest absolute Gasteiger partial charge is 0.317 e. The number of aromatic nitrogens is 2. The van der Waals surface area contributed by atoms with Crippen LogP contribution in [0.4, 0.5) is 4.79 Å². The van der Waals surface area contributed by atoms with Crippen LogP contribution in [0.1, 0.15) is 5.69 Å². The molecule has 2 heterocycles. The van der Waals surface area contributed by atoms with Crippen LogP contribution in [0.3, 0.4) is 0 Å². The predicted molar refractivity (Wildman–Crippen MR) is 59.9 cm³/mol. The Balaban J connectivity index is 1.65. The summed E-state index contributed by atoms with van der Waals surface area (Å²) >= 11 is 0. The van der Waals surface area contributed by atoms with Crippen LogP contribution >= 0.6 is 0 Å². The van der Waals surface area contributed by atoms with E-state index in [1.54, 1.807) is 6.20 Å². The van der Waals surface area contributed by atoms with Crippen molar-refractivity contribution in [3.63, 3.8) is 0 Å². The van der Waals surface area contributed by atoms with E-state index < -0.39 is 0 Å². The molecule has 0 aromatic carbocycles. The summed E-state index contributed by atoms with van der Waals surface area (Å²) in [6.45, 7) is 3.92. The Bertz CT molecular complexity index is 362. The van der Waals surface area contributed by atoms with E-state index in [-0.39, 0.29) is 6.03 Å². The van der Waals surface area contributed by atoms with Crippen molar-refractivity contribution in [1.82, 2.24) is 25.3 Å². The third-order valence-corrected chi connectivity index (χ3v) is 2.73. The average Bonchev–Trinajstić information content (AvgIpc) is 2.84. The summed E-state index contributed by atoms with van der Waals surface area (Å²) in [4.78, 5) is 13.0. The fourth-order valence-electron chi connectivity index (χ4n) is 1.73. The Hall–Kier alpha value is -1.56. The third-order valence-electron chi connectivity index (χ3n) is 2.73. The molecule has 6 nitrogen and oxygen atoms in total. The van der Waals surface area contributed by atoms with E-state index in [1.807, 2.05) is 22.7 Å². The molecule has 2 N–H and O–H groups in total. The highest BCUT2D eigenvalue weighted by Gasteiger charge is 2.17. The summed E-state index contributed by atoms with van der Waals surface area (Å²) in [6.07, 6.45) is 1.78. The van der Waals surface area contributed by atoms with Crippen molar-refractivity contribution in [2.24, 2.45) is 7.05 Å². The van der Waals surface area contributed by atoms with E-state index in [1.165, 1.54) is 0 Å². The monoisotopic (exact) mass is 223 g/mol. The maximum absolute atomic E-state index is 11.2. The van der Waals surface area contributed by atoms with Crippen LogP contribution in [0.25, 0.3) is 0 Å². The minimum absolute atomic E-state index is 0.0438. The number of nitrogens with one attached hydrogen (secondary N) is 2. The molecule has 0 aliphatic carbocycles. The first-order valence-corrected chi connectivity index (χ1v) is 5.48. The molecule has 0 saturated carbocycles. The fraction of sp³-hybridized carbons (Fsp3) is 0.600. The van der Waals surface area contributed by atoms with Crippen LogP contribution in [0.15, 0.2) is 12.3 Å². The Kier molecular flexibility index (Phi) is 3.40. The largest absolute Gasteiger partial charge is 0.336 e. The van der Waals surface area contributed by atoms with Crippen LogP contribution in [-0.4, -0.2) is 46.9 Å². The molecule has 0 spiro atoms. The molecule has 1 aromatic rings. The van der Waals surface area contributed by atoms with Crippen molar-refractivity contribution >= 4 is 6.03 Å². The highest BCUT2D eigenvalue weighted by molar-refractivity contribution is 5.76. The minimum atomic E-state index is 0.0438. The van der Waals surface area contributed by atoms with Gasteiger partial charge in [0.1, 0.15) is 0 Å². The Morgan fingerprint density at radius 1 is 1.62 bits per heavy atom. The SMILES string of the molecule is Cn1nccc1CNCCN1CCNC1=O. The second-order valence-corrected chi connectivity index (χ2v) is 3.84. The van der Waals surface area contributed by atoms with Gasteiger partial charge in [0.05, 0.1) is 5.69 Å². The van der Waals surface area contributed by atoms with Crippen molar-refractivity contribution < 1.29 is 4.79 Å². The molecule has 16 heavy (non-hydrogen) atoms. The summed E-state index contributed by atoms with van der Waals surface area (Å²) in [5.74, 6) is 0. The lowest BCUT2D eigenvalue weighted by Gasteiger charge is -2.14. The molecule has 1 aromatic heterocycles. The minimum Gasteiger partial charge on any atom is -0.336 e. The van der Waals surface area contributed by atoms with Crippen molar-refractivity contribution in [2.45, 2.75) is 6.54 Å². The molecule has 6 heteroatoms. The first kappa shape index (κ1) is 10.9. The highest BCUT2D eigenvalue weighted by Crippen LogP contribution is 1.96. The molecule has 0 bridgehead atoms. The summed E-state index contributed by atoms with van der Waals surface area (Å²) in [7, 11) is 1.92. The Morgan fingerprint density at radius 2 is 2.50 bits per heavy atom. The van der Waals surface area contributed by atoms with Gasteiger partial charge in [-0.05, 0) is 6.07 Å². The number of nitrogens with zero attached hydrogens (tertiary/aromatic N) is 3. The maximum atomic E-state index is 11.2. The second-order valence-electron chi connectivity index (χ2n) is 3.84. The first-order valence-electron chi connectivity index (χ1n) is 5.48. The number of urea groups is 1. The number of hydrogen-bond acceptors (Lipinski definition) is 3. The first-order chi connectivity index (χ1) is 7.77. The van der Waals surface area contributed by atoms with E-state index in [4.69, 9.17) is 0 Å². The van der Waals surface area contributed by atoms with Crippen LogP contribution < -0.4 is 10.6 Å². The normalized spacial score (nSPS) is 15.6. The molecule has 2 amide bonds.